The van der Waals surface area contributed by atoms with Crippen molar-refractivity contribution in [3.63, 3.8) is 0 Å². The Hall–Kier alpha value is -1.63. The standard InChI is InChI=1S/C10H12N4O2S/c1-10(2)7(15)14(9(16)13-10)6-4-5-11-8(12-6)17-3/h4-5H,1-3H3,(H,13,16). The zero-order chi connectivity index (χ0) is 12.6. The van der Waals surface area contributed by atoms with Crippen molar-refractivity contribution in [2.75, 3.05) is 11.2 Å². The van der Waals surface area contributed by atoms with Crippen LogP contribution in [0.5, 0.6) is 0 Å². The Kier molecular flexibility index (Phi) is 2.78. The summed E-state index contributed by atoms with van der Waals surface area (Å²) in [6.45, 7) is 3.31. The highest BCUT2D eigenvalue weighted by molar-refractivity contribution is 7.98. The van der Waals surface area contributed by atoms with Crippen LogP contribution in [0.3, 0.4) is 0 Å². The number of rotatable bonds is 2. The van der Waals surface area contributed by atoms with E-state index in [9.17, 15) is 9.59 Å². The number of hydrogen-bond donors (Lipinski definition) is 1. The fourth-order valence-corrected chi connectivity index (χ4v) is 1.86. The van der Waals surface area contributed by atoms with Gasteiger partial charge in [-0.3, -0.25) is 4.79 Å². The van der Waals surface area contributed by atoms with Gasteiger partial charge < -0.3 is 5.32 Å². The van der Waals surface area contributed by atoms with Crippen molar-refractivity contribution in [3.05, 3.63) is 12.3 Å². The molecule has 0 aromatic carbocycles. The molecule has 2 heterocycles. The van der Waals surface area contributed by atoms with E-state index in [0.29, 0.717) is 11.0 Å². The maximum absolute atomic E-state index is 12.0. The van der Waals surface area contributed by atoms with Crippen LogP contribution >= 0.6 is 11.8 Å². The average Bonchev–Trinajstić information content (AvgIpc) is 2.48. The molecule has 2 rings (SSSR count). The predicted octanol–water partition coefficient (Wildman–Crippen LogP) is 1.03. The normalized spacial score (nSPS) is 18.4. The first-order valence-electron chi connectivity index (χ1n) is 4.99. The van der Waals surface area contributed by atoms with E-state index in [-0.39, 0.29) is 5.91 Å². The molecule has 0 spiro atoms. The Morgan fingerprint density at radius 1 is 1.41 bits per heavy atom. The molecule has 1 aromatic rings. The monoisotopic (exact) mass is 252 g/mol. The molecule has 1 aliphatic heterocycles. The minimum atomic E-state index is -0.887. The van der Waals surface area contributed by atoms with Crippen molar-refractivity contribution >= 4 is 29.5 Å². The maximum atomic E-state index is 12.0. The Morgan fingerprint density at radius 3 is 2.65 bits per heavy atom. The predicted molar refractivity (Wildman–Crippen MR) is 63.9 cm³/mol. The Balaban J connectivity index is 2.40. The molecular weight excluding hydrogens is 240 g/mol. The maximum Gasteiger partial charge on any atom is 0.330 e. The second kappa shape index (κ2) is 3.99. The van der Waals surface area contributed by atoms with Crippen molar-refractivity contribution in [1.82, 2.24) is 15.3 Å². The van der Waals surface area contributed by atoms with Crippen LogP contribution in [0.4, 0.5) is 10.6 Å². The summed E-state index contributed by atoms with van der Waals surface area (Å²) in [5, 5.41) is 3.12. The lowest BCUT2D eigenvalue weighted by atomic mass is 10.1. The number of aromatic nitrogens is 2. The number of urea groups is 1. The van der Waals surface area contributed by atoms with Crippen molar-refractivity contribution in [3.8, 4) is 0 Å². The number of thioether (sulfide) groups is 1. The molecule has 0 radical (unpaired) electrons. The highest BCUT2D eigenvalue weighted by Crippen LogP contribution is 2.23. The molecule has 3 amide bonds. The van der Waals surface area contributed by atoms with Crippen molar-refractivity contribution < 1.29 is 9.59 Å². The fraction of sp³-hybridized carbons (Fsp3) is 0.400. The van der Waals surface area contributed by atoms with Crippen LogP contribution in [-0.4, -0.2) is 33.7 Å². The minimum Gasteiger partial charge on any atom is -0.323 e. The number of carbonyl (C=O) groups is 2. The largest absolute Gasteiger partial charge is 0.330 e. The second-order valence-corrected chi connectivity index (χ2v) is 4.87. The minimum absolute atomic E-state index is 0.303. The van der Waals surface area contributed by atoms with Gasteiger partial charge in [0.2, 0.25) is 0 Å². The first-order valence-corrected chi connectivity index (χ1v) is 6.22. The molecule has 90 valence electrons. The van der Waals surface area contributed by atoms with Gasteiger partial charge >= 0.3 is 6.03 Å². The quantitative estimate of drug-likeness (QED) is 0.483. The number of nitrogens with zero attached hydrogens (tertiary/aromatic N) is 3. The van der Waals surface area contributed by atoms with Gasteiger partial charge in [-0.2, -0.15) is 0 Å². The van der Waals surface area contributed by atoms with Crippen LogP contribution in [0.2, 0.25) is 0 Å². The van der Waals surface area contributed by atoms with Gasteiger partial charge in [-0.1, -0.05) is 11.8 Å². The molecule has 7 heteroatoms. The molecule has 0 atom stereocenters. The lowest BCUT2D eigenvalue weighted by Crippen LogP contribution is -2.40. The molecule has 1 aliphatic rings. The zero-order valence-electron chi connectivity index (χ0n) is 9.72. The van der Waals surface area contributed by atoms with Gasteiger partial charge in [0.05, 0.1) is 0 Å². The van der Waals surface area contributed by atoms with Gasteiger partial charge in [-0.25, -0.2) is 19.7 Å². The van der Waals surface area contributed by atoms with Gasteiger partial charge in [-0.05, 0) is 20.1 Å². The van der Waals surface area contributed by atoms with Gasteiger partial charge in [0.1, 0.15) is 11.4 Å². The van der Waals surface area contributed by atoms with Crippen LogP contribution in [0.25, 0.3) is 0 Å². The number of carbonyl (C=O) groups excluding carboxylic acids is 2. The Labute approximate surface area is 103 Å². The molecule has 1 fully saturated rings. The highest BCUT2D eigenvalue weighted by Gasteiger charge is 2.45. The number of anilines is 1. The molecule has 0 saturated carbocycles. The van der Waals surface area contributed by atoms with Crippen molar-refractivity contribution in [1.29, 1.82) is 0 Å². The number of imide groups is 1. The van der Waals surface area contributed by atoms with E-state index in [4.69, 9.17) is 0 Å². The van der Waals surface area contributed by atoms with Crippen molar-refractivity contribution in [2.24, 2.45) is 0 Å². The molecule has 17 heavy (non-hydrogen) atoms. The number of hydrogen-bond acceptors (Lipinski definition) is 5. The molecule has 0 unspecified atom stereocenters. The molecule has 0 bridgehead atoms. The second-order valence-electron chi connectivity index (χ2n) is 4.10. The summed E-state index contributed by atoms with van der Waals surface area (Å²) in [6.07, 6.45) is 3.36. The zero-order valence-corrected chi connectivity index (χ0v) is 10.5. The van der Waals surface area contributed by atoms with Crippen LogP contribution in [0, 0.1) is 0 Å². The molecule has 0 aliphatic carbocycles. The summed E-state index contributed by atoms with van der Waals surface area (Å²) in [7, 11) is 0. The summed E-state index contributed by atoms with van der Waals surface area (Å²) in [5.74, 6) is -0.00863. The smallest absolute Gasteiger partial charge is 0.323 e. The summed E-state index contributed by atoms with van der Waals surface area (Å²) in [4.78, 5) is 32.9. The molecule has 1 N–H and O–H groups in total. The number of nitrogens with one attached hydrogen (secondary N) is 1. The van der Waals surface area contributed by atoms with Crippen LogP contribution in [0.1, 0.15) is 13.8 Å². The summed E-state index contributed by atoms with van der Waals surface area (Å²) < 4.78 is 0. The molecule has 1 aromatic heterocycles. The lowest BCUT2D eigenvalue weighted by Gasteiger charge is -2.15. The Morgan fingerprint density at radius 2 is 2.12 bits per heavy atom. The summed E-state index contributed by atoms with van der Waals surface area (Å²) in [5.41, 5.74) is -0.887. The summed E-state index contributed by atoms with van der Waals surface area (Å²) >= 11 is 1.35. The van der Waals surface area contributed by atoms with Gasteiger partial charge in [0, 0.05) is 12.3 Å². The highest BCUT2D eigenvalue weighted by atomic mass is 32.2. The number of amides is 3. The van der Waals surface area contributed by atoms with Gasteiger partial charge in [-0.15, -0.1) is 0 Å². The van der Waals surface area contributed by atoms with E-state index in [0.717, 1.165) is 4.90 Å². The third-order valence-corrected chi connectivity index (χ3v) is 2.95. The Bertz CT molecular complexity index is 489. The van der Waals surface area contributed by atoms with Crippen molar-refractivity contribution in [2.45, 2.75) is 24.5 Å². The van der Waals surface area contributed by atoms with E-state index >= 15 is 0 Å². The van der Waals surface area contributed by atoms with Crippen LogP contribution in [-0.2, 0) is 4.79 Å². The molecule has 6 nitrogen and oxygen atoms in total. The SMILES string of the molecule is CSc1nccc(N2C(=O)NC(C)(C)C2=O)n1. The molecular formula is C10H12N4O2S. The van der Waals surface area contributed by atoms with E-state index in [1.54, 1.807) is 19.9 Å². The van der Waals surface area contributed by atoms with Gasteiger partial charge in [0.15, 0.2) is 5.16 Å². The van der Waals surface area contributed by atoms with E-state index in [2.05, 4.69) is 15.3 Å². The van der Waals surface area contributed by atoms with Gasteiger partial charge in [0.25, 0.3) is 5.91 Å². The average molecular weight is 252 g/mol. The lowest BCUT2D eigenvalue weighted by molar-refractivity contribution is -0.121. The molecule has 1 saturated heterocycles. The van der Waals surface area contributed by atoms with E-state index in [1.165, 1.54) is 18.0 Å². The first kappa shape index (κ1) is 11.8. The van der Waals surface area contributed by atoms with Crippen LogP contribution < -0.4 is 10.2 Å². The first-order chi connectivity index (χ1) is 7.95. The van der Waals surface area contributed by atoms with E-state index < -0.39 is 11.6 Å². The fourth-order valence-electron chi connectivity index (χ4n) is 1.51. The third kappa shape index (κ3) is 1.97. The van der Waals surface area contributed by atoms with E-state index in [1.807, 2.05) is 6.26 Å². The van der Waals surface area contributed by atoms with Crippen LogP contribution in [0.15, 0.2) is 17.4 Å². The third-order valence-electron chi connectivity index (χ3n) is 2.39. The summed E-state index contributed by atoms with van der Waals surface area (Å²) in [6, 6.07) is 1.09. The topological polar surface area (TPSA) is 75.2 Å².